The van der Waals surface area contributed by atoms with E-state index in [1.54, 1.807) is 19.1 Å². The molecule has 0 N–H and O–H groups in total. The van der Waals surface area contributed by atoms with Crippen LogP contribution in [0.25, 0.3) is 0 Å². The van der Waals surface area contributed by atoms with Gasteiger partial charge in [0.05, 0.1) is 11.4 Å². The number of pyridine rings is 1. The molecule has 1 aliphatic carbocycles. The van der Waals surface area contributed by atoms with Crippen molar-refractivity contribution in [2.75, 3.05) is 17.1 Å². The van der Waals surface area contributed by atoms with Gasteiger partial charge in [-0.05, 0) is 25.0 Å². The molecule has 0 unspecified atom stereocenters. The summed E-state index contributed by atoms with van der Waals surface area (Å²) in [6, 6.07) is 3.23. The highest BCUT2D eigenvalue weighted by molar-refractivity contribution is 7.92. The van der Waals surface area contributed by atoms with Crippen LogP contribution in [0.5, 0.6) is 0 Å². The van der Waals surface area contributed by atoms with Crippen LogP contribution in [0.15, 0.2) is 18.3 Å². The Labute approximate surface area is 111 Å². The van der Waals surface area contributed by atoms with E-state index in [1.165, 1.54) is 13.2 Å². The van der Waals surface area contributed by atoms with Gasteiger partial charge in [-0.1, -0.05) is 0 Å². The lowest BCUT2D eigenvalue weighted by Crippen LogP contribution is -2.42. The topological polar surface area (TPSA) is 50.3 Å². The fourth-order valence-corrected chi connectivity index (χ4v) is 3.69. The summed E-state index contributed by atoms with van der Waals surface area (Å²) in [7, 11) is -2.14. The molecule has 2 rings (SSSR count). The van der Waals surface area contributed by atoms with Crippen LogP contribution in [0.1, 0.15) is 18.5 Å². The number of hydrogen-bond donors (Lipinski definition) is 0. The first-order chi connectivity index (χ1) is 8.70. The largest absolute Gasteiger partial charge is 0.273 e. The zero-order valence-electron chi connectivity index (χ0n) is 10.8. The van der Waals surface area contributed by atoms with Gasteiger partial charge in [0.1, 0.15) is 0 Å². The number of halogens is 2. The lowest BCUT2D eigenvalue weighted by atomic mass is 9.83. The van der Waals surface area contributed by atoms with Crippen LogP contribution in [-0.2, 0) is 10.0 Å². The maximum absolute atomic E-state index is 12.7. The Kier molecular flexibility index (Phi) is 3.51. The van der Waals surface area contributed by atoms with Crippen molar-refractivity contribution in [3.8, 4) is 0 Å². The van der Waals surface area contributed by atoms with Crippen molar-refractivity contribution in [2.24, 2.45) is 5.92 Å². The van der Waals surface area contributed by atoms with Gasteiger partial charge < -0.3 is 0 Å². The summed E-state index contributed by atoms with van der Waals surface area (Å²) in [6.07, 6.45) is 0.846. The van der Waals surface area contributed by atoms with E-state index in [-0.39, 0.29) is 18.6 Å². The van der Waals surface area contributed by atoms with Gasteiger partial charge in [0, 0.05) is 31.8 Å². The first kappa shape index (κ1) is 14.2. The third-order valence-corrected chi connectivity index (χ3v) is 5.22. The molecule has 1 aromatic rings. The number of sulfonamides is 1. The maximum atomic E-state index is 12.7. The minimum absolute atomic E-state index is 0.236. The number of aromatic nitrogens is 1. The molecule has 0 atom stereocenters. The van der Waals surface area contributed by atoms with Crippen molar-refractivity contribution in [2.45, 2.75) is 25.7 Å². The number of aryl methyl sites for hydroxylation is 1. The molecule has 0 saturated heterocycles. The second-order valence-electron chi connectivity index (χ2n) is 5.03. The summed E-state index contributed by atoms with van der Waals surface area (Å²) in [4.78, 5) is 3.99. The Morgan fingerprint density at radius 1 is 1.47 bits per heavy atom. The van der Waals surface area contributed by atoms with E-state index >= 15 is 0 Å². The van der Waals surface area contributed by atoms with E-state index in [4.69, 9.17) is 0 Å². The predicted molar refractivity (Wildman–Crippen MR) is 68.8 cm³/mol. The van der Waals surface area contributed by atoms with Crippen LogP contribution in [0.3, 0.4) is 0 Å². The number of rotatable bonds is 4. The van der Waals surface area contributed by atoms with E-state index in [2.05, 4.69) is 4.98 Å². The van der Waals surface area contributed by atoms with Crippen molar-refractivity contribution in [1.82, 2.24) is 4.98 Å². The lowest BCUT2D eigenvalue weighted by Gasteiger charge is -2.35. The van der Waals surface area contributed by atoms with Crippen LogP contribution < -0.4 is 4.31 Å². The highest BCUT2D eigenvalue weighted by Crippen LogP contribution is 2.43. The van der Waals surface area contributed by atoms with Crippen molar-refractivity contribution in [1.29, 1.82) is 0 Å². The zero-order chi connectivity index (χ0) is 14.3. The van der Waals surface area contributed by atoms with E-state index < -0.39 is 21.9 Å². The van der Waals surface area contributed by atoms with Crippen LogP contribution in [0.2, 0.25) is 0 Å². The predicted octanol–water partition coefficient (Wildman–Crippen LogP) is 2.20. The molecule has 0 aromatic carbocycles. The van der Waals surface area contributed by atoms with Crippen LogP contribution in [0.4, 0.5) is 14.5 Å². The first-order valence-electron chi connectivity index (χ1n) is 5.97. The van der Waals surface area contributed by atoms with Crippen molar-refractivity contribution in [3.05, 3.63) is 24.0 Å². The van der Waals surface area contributed by atoms with Gasteiger partial charge in [0.2, 0.25) is 15.9 Å². The van der Waals surface area contributed by atoms with Crippen LogP contribution >= 0.6 is 0 Å². The van der Waals surface area contributed by atoms with Gasteiger partial charge in [-0.3, -0.25) is 9.29 Å². The molecule has 1 heterocycles. The Hall–Kier alpha value is -1.24. The van der Waals surface area contributed by atoms with Gasteiger partial charge in [-0.15, -0.1) is 0 Å². The molecule has 1 fully saturated rings. The zero-order valence-corrected chi connectivity index (χ0v) is 11.6. The van der Waals surface area contributed by atoms with E-state index in [9.17, 15) is 17.2 Å². The quantitative estimate of drug-likeness (QED) is 0.854. The average Bonchev–Trinajstić information content (AvgIpc) is 2.25. The second kappa shape index (κ2) is 4.70. The molecule has 0 radical (unpaired) electrons. The molecule has 1 aromatic heterocycles. The van der Waals surface area contributed by atoms with Crippen LogP contribution in [-0.4, -0.2) is 32.1 Å². The Bertz CT molecular complexity index is 567. The van der Waals surface area contributed by atoms with Crippen molar-refractivity contribution >= 4 is 15.7 Å². The Morgan fingerprint density at radius 3 is 2.63 bits per heavy atom. The number of hydrogen-bond acceptors (Lipinski definition) is 3. The molecular formula is C12H16F2N2O2S. The summed E-state index contributed by atoms with van der Waals surface area (Å²) in [6.45, 7) is 1.76. The molecular weight excluding hydrogens is 274 g/mol. The second-order valence-corrected chi connectivity index (χ2v) is 7.08. The standard InChI is InChI=1S/C12H16F2N2O2S/c1-9-5-11(3-4-15-9)16(2)19(17,18)8-10-6-12(13,14)7-10/h3-5,10H,6-8H2,1-2H3. The van der Waals surface area contributed by atoms with E-state index in [1.807, 2.05) is 0 Å². The third-order valence-electron chi connectivity index (χ3n) is 3.28. The van der Waals surface area contributed by atoms with Gasteiger partial charge in [-0.25, -0.2) is 17.2 Å². The normalized spacial score (nSPS) is 18.9. The summed E-state index contributed by atoms with van der Waals surface area (Å²) < 4.78 is 50.8. The highest BCUT2D eigenvalue weighted by atomic mass is 32.2. The molecule has 19 heavy (non-hydrogen) atoms. The maximum Gasteiger partial charge on any atom is 0.248 e. The fraction of sp³-hybridized carbons (Fsp3) is 0.583. The number of alkyl halides is 2. The average molecular weight is 290 g/mol. The first-order valence-corrected chi connectivity index (χ1v) is 7.58. The summed E-state index contributed by atoms with van der Waals surface area (Å²) in [5, 5.41) is 0. The molecule has 0 amide bonds. The van der Waals surface area contributed by atoms with Gasteiger partial charge in [-0.2, -0.15) is 0 Å². The minimum Gasteiger partial charge on any atom is -0.273 e. The Morgan fingerprint density at radius 2 is 2.11 bits per heavy atom. The smallest absolute Gasteiger partial charge is 0.248 e. The van der Waals surface area contributed by atoms with Gasteiger partial charge in [0.15, 0.2) is 0 Å². The van der Waals surface area contributed by atoms with Crippen molar-refractivity contribution < 1.29 is 17.2 Å². The molecule has 106 valence electrons. The molecule has 0 aliphatic heterocycles. The van der Waals surface area contributed by atoms with Gasteiger partial charge >= 0.3 is 0 Å². The number of anilines is 1. The van der Waals surface area contributed by atoms with Crippen molar-refractivity contribution in [3.63, 3.8) is 0 Å². The van der Waals surface area contributed by atoms with E-state index in [0.717, 1.165) is 4.31 Å². The van der Waals surface area contributed by atoms with Gasteiger partial charge in [0.25, 0.3) is 0 Å². The summed E-state index contributed by atoms with van der Waals surface area (Å²) in [5.41, 5.74) is 1.20. The monoisotopic (exact) mass is 290 g/mol. The molecule has 0 spiro atoms. The summed E-state index contributed by atoms with van der Waals surface area (Å²) in [5.74, 6) is -3.38. The highest BCUT2D eigenvalue weighted by Gasteiger charge is 2.47. The Balaban J connectivity index is 2.08. The fourth-order valence-electron chi connectivity index (χ4n) is 2.20. The number of nitrogens with zero attached hydrogens (tertiary/aromatic N) is 2. The molecule has 7 heteroatoms. The SMILES string of the molecule is Cc1cc(N(C)S(=O)(=O)CC2CC(F)(F)C2)ccn1. The molecule has 0 bridgehead atoms. The van der Waals surface area contributed by atoms with Crippen LogP contribution in [0, 0.1) is 12.8 Å². The summed E-state index contributed by atoms with van der Waals surface area (Å²) >= 11 is 0. The molecule has 1 aliphatic rings. The minimum atomic E-state index is -3.57. The molecule has 4 nitrogen and oxygen atoms in total. The van der Waals surface area contributed by atoms with E-state index in [0.29, 0.717) is 11.4 Å². The third kappa shape index (κ3) is 3.20. The molecule has 1 saturated carbocycles. The lowest BCUT2D eigenvalue weighted by molar-refractivity contribution is -0.103.